The first kappa shape index (κ1) is 11.8. The highest BCUT2D eigenvalue weighted by Gasteiger charge is 2.34. The minimum Gasteiger partial charge on any atom is -0.392 e. The van der Waals surface area contributed by atoms with Gasteiger partial charge >= 0.3 is 0 Å². The van der Waals surface area contributed by atoms with E-state index in [2.05, 4.69) is 0 Å². The molecule has 0 bridgehead atoms. The summed E-state index contributed by atoms with van der Waals surface area (Å²) in [5.74, 6) is 0. The van der Waals surface area contributed by atoms with E-state index in [4.69, 9.17) is 5.11 Å². The molecule has 1 N–H and O–H groups in total. The van der Waals surface area contributed by atoms with E-state index >= 15 is 0 Å². The van der Waals surface area contributed by atoms with Crippen LogP contribution in [0.1, 0.15) is 27.2 Å². The van der Waals surface area contributed by atoms with Crippen LogP contribution in [0.15, 0.2) is 0 Å². The van der Waals surface area contributed by atoms with Crippen molar-refractivity contribution in [2.45, 2.75) is 45.5 Å². The molecule has 3 heteroatoms. The van der Waals surface area contributed by atoms with Crippen LogP contribution in [0.5, 0.6) is 0 Å². The van der Waals surface area contributed by atoms with Crippen molar-refractivity contribution in [3.05, 3.63) is 0 Å². The standard InChI is InChI=1S/C7H14FNO.C2H6/c1-5(10)7-6(8)3-4-9(7)2;1-2/h5-7,10H,3-4H2,1-2H3;1-2H3/t5-,6-,7+;/m0./s1. The summed E-state index contributed by atoms with van der Waals surface area (Å²) in [6.07, 6.45) is -0.834. The van der Waals surface area contributed by atoms with Gasteiger partial charge in [-0.3, -0.25) is 4.90 Å². The lowest BCUT2D eigenvalue weighted by Gasteiger charge is -2.23. The van der Waals surface area contributed by atoms with E-state index in [1.165, 1.54) is 0 Å². The third-order valence-corrected chi connectivity index (χ3v) is 2.13. The maximum Gasteiger partial charge on any atom is 0.119 e. The van der Waals surface area contributed by atoms with E-state index in [0.717, 1.165) is 6.54 Å². The van der Waals surface area contributed by atoms with Gasteiger partial charge in [0.05, 0.1) is 12.1 Å². The molecule has 0 radical (unpaired) electrons. The number of alkyl halides is 1. The summed E-state index contributed by atoms with van der Waals surface area (Å²) in [7, 11) is 1.84. The zero-order chi connectivity index (χ0) is 9.72. The molecule has 1 fully saturated rings. The highest BCUT2D eigenvalue weighted by atomic mass is 19.1. The van der Waals surface area contributed by atoms with Crippen molar-refractivity contribution in [3.63, 3.8) is 0 Å². The Hall–Kier alpha value is -0.150. The van der Waals surface area contributed by atoms with Crippen LogP contribution in [0.3, 0.4) is 0 Å². The fourth-order valence-electron chi connectivity index (χ4n) is 1.59. The summed E-state index contributed by atoms with van der Waals surface area (Å²) in [5, 5.41) is 9.11. The lowest BCUT2D eigenvalue weighted by molar-refractivity contribution is 0.0672. The van der Waals surface area contributed by atoms with Crippen molar-refractivity contribution < 1.29 is 9.50 Å². The molecular weight excluding hydrogens is 157 g/mol. The van der Waals surface area contributed by atoms with Gasteiger partial charge in [-0.1, -0.05) is 13.8 Å². The Bertz CT molecular complexity index is 109. The monoisotopic (exact) mass is 177 g/mol. The lowest BCUT2D eigenvalue weighted by atomic mass is 10.1. The lowest BCUT2D eigenvalue weighted by Crippen LogP contribution is -2.39. The van der Waals surface area contributed by atoms with E-state index in [1.54, 1.807) is 6.92 Å². The molecule has 0 aromatic carbocycles. The molecule has 2 nitrogen and oxygen atoms in total. The van der Waals surface area contributed by atoms with Crippen LogP contribution >= 0.6 is 0 Å². The molecule has 74 valence electrons. The average molecular weight is 177 g/mol. The van der Waals surface area contributed by atoms with Crippen LogP contribution in [0, 0.1) is 0 Å². The number of hydrogen-bond acceptors (Lipinski definition) is 2. The SMILES string of the molecule is CC.C[C@H](O)[C@@H]1[C@@H](F)CCN1C. The topological polar surface area (TPSA) is 23.5 Å². The fraction of sp³-hybridized carbons (Fsp3) is 1.00. The molecule has 3 atom stereocenters. The highest BCUT2D eigenvalue weighted by Crippen LogP contribution is 2.21. The first-order chi connectivity index (χ1) is 5.63. The summed E-state index contributed by atoms with van der Waals surface area (Å²) >= 11 is 0. The molecule has 1 heterocycles. The minimum absolute atomic E-state index is 0.278. The quantitative estimate of drug-likeness (QED) is 0.655. The molecule has 0 amide bonds. The maximum atomic E-state index is 12.9. The second kappa shape index (κ2) is 5.49. The molecule has 0 saturated carbocycles. The molecule has 1 aliphatic rings. The van der Waals surface area contributed by atoms with Gasteiger partial charge in [0.2, 0.25) is 0 Å². The van der Waals surface area contributed by atoms with Gasteiger partial charge in [-0.2, -0.15) is 0 Å². The second-order valence-electron chi connectivity index (χ2n) is 3.02. The summed E-state index contributed by atoms with van der Waals surface area (Å²) in [6, 6.07) is -0.278. The molecule has 0 aliphatic carbocycles. The van der Waals surface area contributed by atoms with Crippen LogP contribution in [-0.2, 0) is 0 Å². The Morgan fingerprint density at radius 1 is 1.50 bits per heavy atom. The smallest absolute Gasteiger partial charge is 0.119 e. The van der Waals surface area contributed by atoms with Crippen molar-refractivity contribution in [2.24, 2.45) is 0 Å². The average Bonchev–Trinajstić information content (AvgIpc) is 2.35. The number of aliphatic hydroxyl groups excluding tert-OH is 1. The van der Waals surface area contributed by atoms with E-state index in [1.807, 2.05) is 25.8 Å². The fourth-order valence-corrected chi connectivity index (χ4v) is 1.59. The van der Waals surface area contributed by atoms with Crippen molar-refractivity contribution in [3.8, 4) is 0 Å². The number of likely N-dealkylation sites (N-methyl/N-ethyl adjacent to an activating group) is 1. The number of rotatable bonds is 1. The molecule has 0 spiro atoms. The molecule has 1 saturated heterocycles. The van der Waals surface area contributed by atoms with Crippen LogP contribution in [-0.4, -0.2) is 41.9 Å². The largest absolute Gasteiger partial charge is 0.392 e. The van der Waals surface area contributed by atoms with Gasteiger partial charge in [0.15, 0.2) is 0 Å². The number of halogens is 1. The molecule has 0 unspecified atom stereocenters. The van der Waals surface area contributed by atoms with E-state index < -0.39 is 12.3 Å². The molecule has 12 heavy (non-hydrogen) atoms. The zero-order valence-electron chi connectivity index (χ0n) is 8.42. The zero-order valence-corrected chi connectivity index (χ0v) is 8.42. The second-order valence-corrected chi connectivity index (χ2v) is 3.02. The van der Waals surface area contributed by atoms with Gasteiger partial charge in [-0.25, -0.2) is 4.39 Å². The number of aliphatic hydroxyl groups is 1. The summed E-state index contributed by atoms with van der Waals surface area (Å²) in [5.41, 5.74) is 0. The van der Waals surface area contributed by atoms with Crippen molar-refractivity contribution in [1.29, 1.82) is 0 Å². The third-order valence-electron chi connectivity index (χ3n) is 2.13. The molecule has 1 rings (SSSR count). The van der Waals surface area contributed by atoms with Gasteiger partial charge in [0.25, 0.3) is 0 Å². The normalized spacial score (nSPS) is 32.5. The molecular formula is C9H20FNO. The minimum atomic E-state index is -0.843. The van der Waals surface area contributed by atoms with E-state index in [-0.39, 0.29) is 6.04 Å². The van der Waals surface area contributed by atoms with Gasteiger partial charge in [-0.05, 0) is 20.4 Å². The number of likely N-dealkylation sites (tertiary alicyclic amines) is 1. The van der Waals surface area contributed by atoms with E-state index in [0.29, 0.717) is 6.42 Å². The van der Waals surface area contributed by atoms with Crippen molar-refractivity contribution in [2.75, 3.05) is 13.6 Å². The Kier molecular flexibility index (Phi) is 5.42. The maximum absolute atomic E-state index is 12.9. The van der Waals surface area contributed by atoms with Crippen molar-refractivity contribution >= 4 is 0 Å². The molecule has 1 aliphatic heterocycles. The highest BCUT2D eigenvalue weighted by molar-refractivity contribution is 4.88. The van der Waals surface area contributed by atoms with Crippen LogP contribution in [0.25, 0.3) is 0 Å². The van der Waals surface area contributed by atoms with Gasteiger partial charge in [0, 0.05) is 6.54 Å². The van der Waals surface area contributed by atoms with Gasteiger partial charge < -0.3 is 5.11 Å². The van der Waals surface area contributed by atoms with Gasteiger partial charge in [-0.15, -0.1) is 0 Å². The molecule has 0 aromatic heterocycles. The predicted octanol–water partition coefficient (Wildman–Crippen LogP) is 1.44. The number of nitrogens with zero attached hydrogens (tertiary/aromatic N) is 1. The Morgan fingerprint density at radius 3 is 2.17 bits per heavy atom. The predicted molar refractivity (Wildman–Crippen MR) is 49.0 cm³/mol. The number of hydrogen-bond donors (Lipinski definition) is 1. The third kappa shape index (κ3) is 2.72. The van der Waals surface area contributed by atoms with Crippen LogP contribution in [0.4, 0.5) is 4.39 Å². The summed E-state index contributed by atoms with van der Waals surface area (Å²) in [6.45, 7) is 6.40. The van der Waals surface area contributed by atoms with Crippen LogP contribution < -0.4 is 0 Å². The Balaban J connectivity index is 0.000000561. The van der Waals surface area contributed by atoms with Crippen LogP contribution in [0.2, 0.25) is 0 Å². The van der Waals surface area contributed by atoms with Crippen molar-refractivity contribution in [1.82, 2.24) is 4.90 Å². The Morgan fingerprint density at radius 2 is 2.00 bits per heavy atom. The van der Waals surface area contributed by atoms with E-state index in [9.17, 15) is 4.39 Å². The first-order valence-electron chi connectivity index (χ1n) is 4.65. The summed E-state index contributed by atoms with van der Waals surface area (Å²) in [4.78, 5) is 1.87. The summed E-state index contributed by atoms with van der Waals surface area (Å²) < 4.78 is 12.9. The Labute approximate surface area is 74.4 Å². The molecule has 0 aromatic rings. The first-order valence-corrected chi connectivity index (χ1v) is 4.65. The van der Waals surface area contributed by atoms with Gasteiger partial charge in [0.1, 0.15) is 6.17 Å².